The first-order valence-corrected chi connectivity index (χ1v) is 12.1. The predicted molar refractivity (Wildman–Crippen MR) is 137 cm³/mol. The second kappa shape index (κ2) is 10.6. The van der Waals surface area contributed by atoms with E-state index in [0.717, 1.165) is 68.3 Å². The van der Waals surface area contributed by atoms with Gasteiger partial charge in [0.2, 0.25) is 0 Å². The summed E-state index contributed by atoms with van der Waals surface area (Å²) in [5.41, 5.74) is 8.11. The van der Waals surface area contributed by atoms with E-state index >= 15 is 0 Å². The van der Waals surface area contributed by atoms with Crippen LogP contribution in [-0.4, -0.2) is 77.3 Å². The van der Waals surface area contributed by atoms with E-state index < -0.39 is 0 Å². The average Bonchev–Trinajstić information content (AvgIpc) is 3.12. The molecule has 1 saturated heterocycles. The molecule has 0 aliphatic carbocycles. The lowest BCUT2D eigenvalue weighted by Crippen LogP contribution is -2.54. The van der Waals surface area contributed by atoms with E-state index in [1.165, 1.54) is 16.7 Å². The number of rotatable bonds is 8. The van der Waals surface area contributed by atoms with Gasteiger partial charge in [-0.15, -0.1) is 0 Å². The van der Waals surface area contributed by atoms with Crippen LogP contribution in [0.5, 0.6) is 0 Å². The van der Waals surface area contributed by atoms with Crippen molar-refractivity contribution in [1.29, 1.82) is 0 Å². The number of nitrogens with zero attached hydrogens (tertiary/aromatic N) is 5. The Hall–Kier alpha value is -2.54. The molecule has 33 heavy (non-hydrogen) atoms. The first-order chi connectivity index (χ1) is 15.9. The van der Waals surface area contributed by atoms with Gasteiger partial charge < -0.3 is 10.2 Å². The summed E-state index contributed by atoms with van der Waals surface area (Å²) < 4.78 is 2.00. The summed E-state index contributed by atoms with van der Waals surface area (Å²) in [5, 5.41) is 8.44. The van der Waals surface area contributed by atoms with Crippen LogP contribution < -0.4 is 5.32 Å². The molecule has 0 unspecified atom stereocenters. The van der Waals surface area contributed by atoms with Gasteiger partial charge in [0.05, 0.1) is 5.69 Å². The molecular weight excluding hydrogens is 408 g/mol. The molecule has 1 aliphatic heterocycles. The van der Waals surface area contributed by atoms with Crippen LogP contribution in [-0.2, 0) is 12.8 Å². The SMILES string of the molecule is CCc1nn2c(C)cc(C)nc2c1Cc1ccc(/C=C/CN2CCN[C@@H](CN(C)C)C2)cc1. The number of aromatic nitrogens is 3. The van der Waals surface area contributed by atoms with Crippen molar-refractivity contribution in [1.82, 2.24) is 29.7 Å². The van der Waals surface area contributed by atoms with E-state index in [9.17, 15) is 0 Å². The molecule has 1 atom stereocenters. The lowest BCUT2D eigenvalue weighted by molar-refractivity contribution is 0.192. The molecule has 0 spiro atoms. The van der Waals surface area contributed by atoms with Crippen molar-refractivity contribution in [2.45, 2.75) is 39.7 Å². The first-order valence-electron chi connectivity index (χ1n) is 12.1. The van der Waals surface area contributed by atoms with Crippen LogP contribution in [0.3, 0.4) is 0 Å². The minimum absolute atomic E-state index is 0.552. The summed E-state index contributed by atoms with van der Waals surface area (Å²) in [5.74, 6) is 0. The molecule has 0 amide bonds. The topological polar surface area (TPSA) is 48.7 Å². The van der Waals surface area contributed by atoms with Gasteiger partial charge in [-0.2, -0.15) is 5.10 Å². The van der Waals surface area contributed by atoms with E-state index in [1.54, 1.807) is 0 Å². The van der Waals surface area contributed by atoms with Crippen molar-refractivity contribution in [3.63, 3.8) is 0 Å². The van der Waals surface area contributed by atoms with Gasteiger partial charge in [0.1, 0.15) is 0 Å². The number of fused-ring (bicyclic) bond motifs is 1. The molecule has 3 aromatic rings. The number of likely N-dealkylation sites (N-methyl/N-ethyl adjacent to an activating group) is 1. The van der Waals surface area contributed by atoms with Gasteiger partial charge in [-0.1, -0.05) is 43.3 Å². The van der Waals surface area contributed by atoms with Crippen LogP contribution in [0.1, 0.15) is 40.7 Å². The standard InChI is InChI=1S/C27H38N6/c1-6-26-25(27-29-20(2)16-21(3)33(27)30-26)17-23-11-9-22(10-12-23)8-7-14-32-15-13-28-24(19-32)18-31(4)5/h7-12,16,24,28H,6,13-15,17-19H2,1-5H3/b8-7+/t24-/m0/s1. The second-order valence-corrected chi connectivity index (χ2v) is 9.55. The average molecular weight is 447 g/mol. The van der Waals surface area contributed by atoms with Gasteiger partial charge in [-0.25, -0.2) is 9.50 Å². The Morgan fingerprint density at radius 2 is 1.97 bits per heavy atom. The molecule has 0 radical (unpaired) electrons. The maximum Gasteiger partial charge on any atom is 0.159 e. The molecule has 2 aromatic heterocycles. The van der Waals surface area contributed by atoms with E-state index in [4.69, 9.17) is 10.1 Å². The Morgan fingerprint density at radius 1 is 1.18 bits per heavy atom. The van der Waals surface area contributed by atoms with Gasteiger partial charge in [0, 0.05) is 62.1 Å². The summed E-state index contributed by atoms with van der Waals surface area (Å²) in [7, 11) is 4.28. The monoisotopic (exact) mass is 446 g/mol. The van der Waals surface area contributed by atoms with Gasteiger partial charge in [0.15, 0.2) is 5.65 Å². The van der Waals surface area contributed by atoms with Crippen LogP contribution in [0, 0.1) is 13.8 Å². The van der Waals surface area contributed by atoms with Crippen molar-refractivity contribution in [3.8, 4) is 0 Å². The molecule has 0 saturated carbocycles. The fourth-order valence-electron chi connectivity index (χ4n) is 4.79. The largest absolute Gasteiger partial charge is 0.310 e. The van der Waals surface area contributed by atoms with E-state index in [-0.39, 0.29) is 0 Å². The van der Waals surface area contributed by atoms with Crippen LogP contribution >= 0.6 is 0 Å². The Kier molecular flexibility index (Phi) is 7.58. The maximum atomic E-state index is 4.82. The quantitative estimate of drug-likeness (QED) is 0.575. The van der Waals surface area contributed by atoms with Crippen molar-refractivity contribution in [2.75, 3.05) is 46.8 Å². The van der Waals surface area contributed by atoms with Crippen molar-refractivity contribution in [2.24, 2.45) is 0 Å². The normalized spacial score (nSPS) is 17.6. The lowest BCUT2D eigenvalue weighted by Gasteiger charge is -2.34. The highest BCUT2D eigenvalue weighted by Gasteiger charge is 2.18. The minimum atomic E-state index is 0.552. The van der Waals surface area contributed by atoms with Gasteiger partial charge in [-0.05, 0) is 51.6 Å². The van der Waals surface area contributed by atoms with E-state index in [2.05, 4.69) is 92.5 Å². The zero-order valence-corrected chi connectivity index (χ0v) is 20.8. The third-order valence-corrected chi connectivity index (χ3v) is 6.37. The van der Waals surface area contributed by atoms with Gasteiger partial charge in [0.25, 0.3) is 0 Å². The molecule has 1 N–H and O–H groups in total. The first kappa shape index (κ1) is 23.6. The highest BCUT2D eigenvalue weighted by atomic mass is 15.3. The number of piperazine rings is 1. The maximum absolute atomic E-state index is 4.82. The molecule has 0 bridgehead atoms. The van der Waals surface area contributed by atoms with E-state index in [1.807, 2.05) is 4.52 Å². The van der Waals surface area contributed by atoms with Crippen molar-refractivity contribution >= 4 is 11.7 Å². The zero-order valence-electron chi connectivity index (χ0n) is 20.8. The Bertz CT molecular complexity index is 1100. The Labute approximate surface area is 198 Å². The van der Waals surface area contributed by atoms with Gasteiger partial charge >= 0.3 is 0 Å². The fraction of sp³-hybridized carbons (Fsp3) is 0.481. The molecule has 4 rings (SSSR count). The molecule has 6 nitrogen and oxygen atoms in total. The third kappa shape index (κ3) is 5.88. The molecule has 1 fully saturated rings. The highest BCUT2D eigenvalue weighted by Crippen LogP contribution is 2.21. The van der Waals surface area contributed by atoms with Crippen LogP contribution in [0.2, 0.25) is 0 Å². The van der Waals surface area contributed by atoms with Crippen molar-refractivity contribution < 1.29 is 0 Å². The molecule has 3 heterocycles. The smallest absolute Gasteiger partial charge is 0.159 e. The Balaban J connectivity index is 1.40. The zero-order chi connectivity index (χ0) is 23.4. The summed E-state index contributed by atoms with van der Waals surface area (Å²) in [4.78, 5) is 9.59. The van der Waals surface area contributed by atoms with Crippen LogP contribution in [0.4, 0.5) is 0 Å². The number of hydrogen-bond donors (Lipinski definition) is 1. The summed E-state index contributed by atoms with van der Waals surface area (Å²) in [6.07, 6.45) is 6.32. The third-order valence-electron chi connectivity index (χ3n) is 6.37. The second-order valence-electron chi connectivity index (χ2n) is 9.55. The molecule has 176 valence electrons. The molecular formula is C27H38N6. The predicted octanol–water partition coefficient (Wildman–Crippen LogP) is 3.35. The molecule has 1 aliphatic rings. The fourth-order valence-corrected chi connectivity index (χ4v) is 4.79. The number of nitrogens with one attached hydrogen (secondary N) is 1. The lowest BCUT2D eigenvalue weighted by atomic mass is 10.0. The summed E-state index contributed by atoms with van der Waals surface area (Å²) >= 11 is 0. The van der Waals surface area contributed by atoms with Gasteiger partial charge in [-0.3, -0.25) is 4.90 Å². The number of benzene rings is 1. The number of aryl methyl sites for hydroxylation is 3. The number of hydrogen-bond acceptors (Lipinski definition) is 5. The molecule has 1 aromatic carbocycles. The van der Waals surface area contributed by atoms with E-state index in [0.29, 0.717) is 6.04 Å². The molecule has 6 heteroatoms. The Morgan fingerprint density at radius 3 is 2.70 bits per heavy atom. The van der Waals surface area contributed by atoms with Crippen LogP contribution in [0.15, 0.2) is 36.4 Å². The summed E-state index contributed by atoms with van der Waals surface area (Å²) in [6, 6.07) is 11.6. The minimum Gasteiger partial charge on any atom is -0.310 e. The highest BCUT2D eigenvalue weighted by molar-refractivity contribution is 5.55. The summed E-state index contributed by atoms with van der Waals surface area (Å²) in [6.45, 7) is 11.7. The van der Waals surface area contributed by atoms with Crippen LogP contribution in [0.25, 0.3) is 11.7 Å². The van der Waals surface area contributed by atoms with Crippen molar-refractivity contribution in [3.05, 3.63) is 70.2 Å².